The van der Waals surface area contributed by atoms with E-state index in [1.807, 2.05) is 49.4 Å². The maximum atomic E-state index is 12.6. The normalized spacial score (nSPS) is 15.7. The maximum Gasteiger partial charge on any atom is 0.253 e. The predicted molar refractivity (Wildman–Crippen MR) is 116 cm³/mol. The van der Waals surface area contributed by atoms with Crippen LogP contribution in [0.1, 0.15) is 29.5 Å². The Morgan fingerprint density at radius 3 is 2.63 bits per heavy atom. The molecule has 0 spiro atoms. The van der Waals surface area contributed by atoms with Crippen LogP contribution in [0.4, 0.5) is 5.69 Å². The van der Waals surface area contributed by atoms with Gasteiger partial charge < -0.3 is 19.7 Å². The molecule has 0 aliphatic carbocycles. The quantitative estimate of drug-likeness (QED) is 0.690. The Balaban J connectivity index is 1.63. The molecule has 1 fully saturated rings. The number of anilines is 1. The van der Waals surface area contributed by atoms with Crippen LogP contribution in [0.15, 0.2) is 48.5 Å². The number of rotatable bonds is 9. The van der Waals surface area contributed by atoms with Gasteiger partial charge in [0, 0.05) is 25.9 Å². The third kappa shape index (κ3) is 6.40. The van der Waals surface area contributed by atoms with Gasteiger partial charge in [-0.2, -0.15) is 0 Å². The summed E-state index contributed by atoms with van der Waals surface area (Å²) in [5, 5.41) is 2.94. The van der Waals surface area contributed by atoms with E-state index in [-0.39, 0.29) is 24.5 Å². The van der Waals surface area contributed by atoms with E-state index in [4.69, 9.17) is 9.47 Å². The lowest BCUT2D eigenvalue weighted by Crippen LogP contribution is -2.33. The number of carbonyl (C=O) groups is 2. The van der Waals surface area contributed by atoms with E-state index >= 15 is 0 Å². The van der Waals surface area contributed by atoms with Gasteiger partial charge in [0.2, 0.25) is 5.91 Å². The summed E-state index contributed by atoms with van der Waals surface area (Å²) in [6, 6.07) is 15.6. The maximum absolute atomic E-state index is 12.6. The van der Waals surface area contributed by atoms with Crippen LogP contribution in [0.25, 0.3) is 0 Å². The van der Waals surface area contributed by atoms with Crippen molar-refractivity contribution < 1.29 is 19.1 Å². The van der Waals surface area contributed by atoms with E-state index < -0.39 is 0 Å². The summed E-state index contributed by atoms with van der Waals surface area (Å²) in [7, 11) is 1.51. The van der Waals surface area contributed by atoms with E-state index in [1.165, 1.54) is 7.11 Å². The number of methoxy groups -OCH3 is 1. The Morgan fingerprint density at radius 1 is 1.17 bits per heavy atom. The molecular weight excluding hydrogens is 380 g/mol. The second kappa shape index (κ2) is 10.9. The van der Waals surface area contributed by atoms with Crippen LogP contribution in [0.3, 0.4) is 0 Å². The highest BCUT2D eigenvalue weighted by molar-refractivity contribution is 5.94. The van der Waals surface area contributed by atoms with Gasteiger partial charge in [0.25, 0.3) is 5.91 Å². The molecule has 1 unspecified atom stereocenters. The molecule has 0 bridgehead atoms. The minimum absolute atomic E-state index is 0.0131. The molecule has 30 heavy (non-hydrogen) atoms. The van der Waals surface area contributed by atoms with Crippen molar-refractivity contribution in [1.82, 2.24) is 5.32 Å². The molecule has 1 aliphatic heterocycles. The zero-order valence-corrected chi connectivity index (χ0v) is 17.7. The molecule has 1 atom stereocenters. The van der Waals surface area contributed by atoms with E-state index in [0.29, 0.717) is 19.5 Å². The van der Waals surface area contributed by atoms with Crippen molar-refractivity contribution >= 4 is 17.5 Å². The van der Waals surface area contributed by atoms with Crippen LogP contribution in [0, 0.1) is 6.92 Å². The van der Waals surface area contributed by atoms with Crippen molar-refractivity contribution in [3.05, 3.63) is 65.2 Å². The van der Waals surface area contributed by atoms with Gasteiger partial charge >= 0.3 is 0 Å². The fraction of sp³-hybridized carbons (Fsp3) is 0.417. The monoisotopic (exact) mass is 410 g/mol. The molecule has 2 aromatic carbocycles. The van der Waals surface area contributed by atoms with Crippen molar-refractivity contribution in [1.29, 1.82) is 0 Å². The van der Waals surface area contributed by atoms with Gasteiger partial charge in [0.05, 0.1) is 19.1 Å². The molecule has 1 N–H and O–H groups in total. The van der Waals surface area contributed by atoms with Crippen LogP contribution in [0.2, 0.25) is 0 Å². The number of amides is 2. The topological polar surface area (TPSA) is 67.9 Å². The average Bonchev–Trinajstić information content (AvgIpc) is 3.25. The third-order valence-electron chi connectivity index (χ3n) is 5.16. The Morgan fingerprint density at radius 2 is 1.97 bits per heavy atom. The largest absolute Gasteiger partial charge is 0.376 e. The molecule has 1 aliphatic rings. The predicted octanol–water partition coefficient (Wildman–Crippen LogP) is 3.01. The number of hydrogen-bond acceptors (Lipinski definition) is 4. The molecule has 2 aromatic rings. The summed E-state index contributed by atoms with van der Waals surface area (Å²) in [6.07, 6.45) is 2.50. The van der Waals surface area contributed by atoms with Gasteiger partial charge in [-0.3, -0.25) is 9.59 Å². The lowest BCUT2D eigenvalue weighted by molar-refractivity contribution is -0.122. The number of nitrogens with one attached hydrogen (secondary N) is 1. The highest BCUT2D eigenvalue weighted by atomic mass is 16.5. The van der Waals surface area contributed by atoms with Crippen molar-refractivity contribution in [3.63, 3.8) is 0 Å². The number of ether oxygens (including phenoxy) is 2. The van der Waals surface area contributed by atoms with Crippen molar-refractivity contribution in [2.24, 2.45) is 0 Å². The molecule has 6 nitrogen and oxygen atoms in total. The molecule has 0 aromatic heterocycles. The van der Waals surface area contributed by atoms with Crippen molar-refractivity contribution in [2.75, 3.05) is 31.8 Å². The number of hydrogen-bond donors (Lipinski definition) is 1. The van der Waals surface area contributed by atoms with Gasteiger partial charge in [-0.25, -0.2) is 0 Å². The molecule has 0 radical (unpaired) electrons. The standard InChI is InChI=1S/C24H30N2O4/c1-18-5-3-6-20(13-18)16-26(24(28)17-29-2)21-10-8-19(9-11-21)14-23(27)25-15-22-7-4-12-30-22/h3,5-6,8-11,13,22H,4,7,12,14-17H2,1-2H3,(H,25,27). The summed E-state index contributed by atoms with van der Waals surface area (Å²) in [5.41, 5.74) is 3.88. The lowest BCUT2D eigenvalue weighted by Gasteiger charge is -2.23. The van der Waals surface area contributed by atoms with Crippen molar-refractivity contribution in [2.45, 2.75) is 38.8 Å². The highest BCUT2D eigenvalue weighted by Crippen LogP contribution is 2.20. The number of benzene rings is 2. The number of aryl methyl sites for hydroxylation is 1. The molecule has 1 saturated heterocycles. The second-order valence-corrected chi connectivity index (χ2v) is 7.68. The highest BCUT2D eigenvalue weighted by Gasteiger charge is 2.18. The molecule has 3 rings (SSSR count). The molecule has 160 valence electrons. The van der Waals surface area contributed by atoms with Gasteiger partial charge in [0.1, 0.15) is 6.61 Å². The first-order valence-corrected chi connectivity index (χ1v) is 10.4. The van der Waals surface area contributed by atoms with E-state index in [1.54, 1.807) is 4.90 Å². The first kappa shape index (κ1) is 22.0. The fourth-order valence-corrected chi connectivity index (χ4v) is 3.59. The Bertz CT molecular complexity index is 845. The molecule has 2 amide bonds. The number of nitrogens with zero attached hydrogens (tertiary/aromatic N) is 1. The average molecular weight is 411 g/mol. The van der Waals surface area contributed by atoms with E-state index in [9.17, 15) is 9.59 Å². The van der Waals surface area contributed by atoms with Crippen LogP contribution in [-0.2, 0) is 32.0 Å². The molecule has 6 heteroatoms. The van der Waals surface area contributed by atoms with Gasteiger partial charge in [0.15, 0.2) is 0 Å². The van der Waals surface area contributed by atoms with Crippen LogP contribution < -0.4 is 10.2 Å². The van der Waals surface area contributed by atoms with Gasteiger partial charge in [-0.1, -0.05) is 42.0 Å². The Kier molecular flexibility index (Phi) is 7.99. The Labute approximate surface area is 178 Å². The SMILES string of the molecule is COCC(=O)N(Cc1cccc(C)c1)c1ccc(CC(=O)NCC2CCCO2)cc1. The summed E-state index contributed by atoms with van der Waals surface area (Å²) < 4.78 is 10.6. The van der Waals surface area contributed by atoms with Gasteiger partial charge in [-0.05, 0) is 43.0 Å². The number of carbonyl (C=O) groups excluding carboxylic acids is 2. The summed E-state index contributed by atoms with van der Waals surface area (Å²) >= 11 is 0. The molecule has 0 saturated carbocycles. The van der Waals surface area contributed by atoms with Crippen molar-refractivity contribution in [3.8, 4) is 0 Å². The molecular formula is C24H30N2O4. The van der Waals surface area contributed by atoms with E-state index in [2.05, 4.69) is 11.4 Å². The Hall–Kier alpha value is -2.70. The first-order valence-electron chi connectivity index (χ1n) is 10.4. The lowest BCUT2D eigenvalue weighted by atomic mass is 10.1. The summed E-state index contributed by atoms with van der Waals surface area (Å²) in [6.45, 7) is 3.85. The summed E-state index contributed by atoms with van der Waals surface area (Å²) in [4.78, 5) is 26.5. The molecule has 1 heterocycles. The van der Waals surface area contributed by atoms with Crippen LogP contribution in [-0.4, -0.2) is 44.8 Å². The van der Waals surface area contributed by atoms with Crippen LogP contribution in [0.5, 0.6) is 0 Å². The first-order chi connectivity index (χ1) is 14.5. The second-order valence-electron chi connectivity index (χ2n) is 7.68. The zero-order chi connectivity index (χ0) is 21.3. The van der Waals surface area contributed by atoms with Gasteiger partial charge in [-0.15, -0.1) is 0 Å². The summed E-state index contributed by atoms with van der Waals surface area (Å²) in [5.74, 6) is -0.133. The third-order valence-corrected chi connectivity index (χ3v) is 5.16. The van der Waals surface area contributed by atoms with E-state index in [0.717, 1.165) is 41.8 Å². The minimum atomic E-state index is -0.110. The van der Waals surface area contributed by atoms with Crippen LogP contribution >= 0.6 is 0 Å². The fourth-order valence-electron chi connectivity index (χ4n) is 3.59. The smallest absolute Gasteiger partial charge is 0.253 e. The minimum Gasteiger partial charge on any atom is -0.376 e. The zero-order valence-electron chi connectivity index (χ0n) is 17.7.